The second-order valence-corrected chi connectivity index (χ2v) is 3.76. The third-order valence-electron chi connectivity index (χ3n) is 2.79. The normalized spacial score (nSPS) is 23.7. The predicted octanol–water partition coefficient (Wildman–Crippen LogP) is 1.72. The first-order chi connectivity index (χ1) is 7.31. The fourth-order valence-electron chi connectivity index (χ4n) is 1.67. The highest BCUT2D eigenvalue weighted by molar-refractivity contribution is 5.94. The third-order valence-corrected chi connectivity index (χ3v) is 2.79. The minimum atomic E-state index is -0.0828. The summed E-state index contributed by atoms with van der Waals surface area (Å²) in [6, 6.07) is 11.3. The summed E-state index contributed by atoms with van der Waals surface area (Å²) in [5, 5.41) is 11.6. The number of amides is 1. The van der Waals surface area contributed by atoms with E-state index < -0.39 is 0 Å². The highest BCUT2D eigenvalue weighted by Crippen LogP contribution is 2.26. The van der Waals surface area contributed by atoms with Crippen LogP contribution in [-0.4, -0.2) is 11.9 Å². The maximum Gasteiger partial charge on any atom is 0.251 e. The van der Waals surface area contributed by atoms with Crippen LogP contribution in [-0.2, 0) is 0 Å². The van der Waals surface area contributed by atoms with Crippen molar-refractivity contribution in [2.24, 2.45) is 5.92 Å². The van der Waals surface area contributed by atoms with Gasteiger partial charge in [-0.15, -0.1) is 0 Å². The highest BCUT2D eigenvalue weighted by Gasteiger charge is 2.31. The van der Waals surface area contributed by atoms with Gasteiger partial charge in [0.25, 0.3) is 5.91 Å². The molecule has 0 bridgehead atoms. The molecule has 0 spiro atoms. The Morgan fingerprint density at radius 1 is 1.33 bits per heavy atom. The SMILES string of the molecule is N#C[C@H]1CC[C@@H]1NC(=O)c1ccccc1. The van der Waals surface area contributed by atoms with Gasteiger partial charge in [0.2, 0.25) is 0 Å². The van der Waals surface area contributed by atoms with Gasteiger partial charge in [0.15, 0.2) is 0 Å². The molecule has 0 aromatic heterocycles. The van der Waals surface area contributed by atoms with E-state index in [2.05, 4.69) is 11.4 Å². The molecule has 0 heterocycles. The molecule has 1 aliphatic carbocycles. The third kappa shape index (κ3) is 1.99. The van der Waals surface area contributed by atoms with E-state index in [1.165, 1.54) is 0 Å². The first-order valence-electron chi connectivity index (χ1n) is 5.07. The molecule has 0 aliphatic heterocycles. The van der Waals surface area contributed by atoms with Crippen LogP contribution in [0.15, 0.2) is 30.3 Å². The summed E-state index contributed by atoms with van der Waals surface area (Å²) in [4.78, 5) is 11.7. The van der Waals surface area contributed by atoms with Crippen LogP contribution in [0.3, 0.4) is 0 Å². The molecule has 3 heteroatoms. The summed E-state index contributed by atoms with van der Waals surface area (Å²) in [6.07, 6.45) is 1.81. The lowest BCUT2D eigenvalue weighted by Gasteiger charge is -2.32. The monoisotopic (exact) mass is 200 g/mol. The zero-order valence-corrected chi connectivity index (χ0v) is 8.31. The minimum absolute atomic E-state index is 0.00216. The van der Waals surface area contributed by atoms with Crippen LogP contribution in [0.1, 0.15) is 23.2 Å². The van der Waals surface area contributed by atoms with Gasteiger partial charge in [-0.25, -0.2) is 0 Å². The van der Waals surface area contributed by atoms with Crippen molar-refractivity contribution in [2.75, 3.05) is 0 Å². The topological polar surface area (TPSA) is 52.9 Å². The Bertz CT molecular complexity index is 394. The molecule has 0 saturated heterocycles. The Morgan fingerprint density at radius 2 is 2.07 bits per heavy atom. The summed E-state index contributed by atoms with van der Waals surface area (Å²) < 4.78 is 0. The lowest BCUT2D eigenvalue weighted by atomic mass is 9.80. The average Bonchev–Trinajstić information content (AvgIpc) is 2.26. The zero-order valence-electron chi connectivity index (χ0n) is 8.31. The van der Waals surface area contributed by atoms with Crippen molar-refractivity contribution in [3.05, 3.63) is 35.9 Å². The molecule has 3 nitrogen and oxygen atoms in total. The molecule has 0 unspecified atom stereocenters. The standard InChI is InChI=1S/C12H12N2O/c13-8-10-6-7-11(10)14-12(15)9-4-2-1-3-5-9/h1-5,10-11H,6-7H2,(H,14,15)/t10-,11+/m1/s1. The van der Waals surface area contributed by atoms with Gasteiger partial charge in [0.05, 0.1) is 12.0 Å². The van der Waals surface area contributed by atoms with Crippen LogP contribution < -0.4 is 5.32 Å². The number of carbonyl (C=O) groups excluding carboxylic acids is 1. The van der Waals surface area contributed by atoms with Crippen LogP contribution in [0.2, 0.25) is 0 Å². The molecule has 1 fully saturated rings. The van der Waals surface area contributed by atoms with Gasteiger partial charge in [-0.05, 0) is 25.0 Å². The van der Waals surface area contributed by atoms with E-state index in [1.807, 2.05) is 18.2 Å². The molecule has 1 aliphatic rings. The van der Waals surface area contributed by atoms with Gasteiger partial charge in [0.1, 0.15) is 0 Å². The van der Waals surface area contributed by atoms with Crippen LogP contribution in [0.5, 0.6) is 0 Å². The van der Waals surface area contributed by atoms with Crippen LogP contribution >= 0.6 is 0 Å². The number of hydrogen-bond donors (Lipinski definition) is 1. The van der Waals surface area contributed by atoms with E-state index in [0.29, 0.717) is 5.56 Å². The second-order valence-electron chi connectivity index (χ2n) is 3.76. The molecule has 0 radical (unpaired) electrons. The molecule has 15 heavy (non-hydrogen) atoms. The number of hydrogen-bond acceptors (Lipinski definition) is 2. The quantitative estimate of drug-likeness (QED) is 0.790. The van der Waals surface area contributed by atoms with Gasteiger partial charge < -0.3 is 5.32 Å². The van der Waals surface area contributed by atoms with E-state index in [9.17, 15) is 4.79 Å². The summed E-state index contributed by atoms with van der Waals surface area (Å²) >= 11 is 0. The van der Waals surface area contributed by atoms with Crippen LogP contribution in [0.25, 0.3) is 0 Å². The smallest absolute Gasteiger partial charge is 0.251 e. The molecule has 1 amide bonds. The number of carbonyl (C=O) groups is 1. The predicted molar refractivity (Wildman–Crippen MR) is 56.0 cm³/mol. The van der Waals surface area contributed by atoms with Gasteiger partial charge in [-0.3, -0.25) is 4.79 Å². The molecular weight excluding hydrogens is 188 g/mol. The number of nitriles is 1. The van der Waals surface area contributed by atoms with E-state index in [1.54, 1.807) is 12.1 Å². The zero-order chi connectivity index (χ0) is 10.7. The van der Waals surface area contributed by atoms with Crippen molar-refractivity contribution in [2.45, 2.75) is 18.9 Å². The minimum Gasteiger partial charge on any atom is -0.348 e. The van der Waals surface area contributed by atoms with E-state index in [0.717, 1.165) is 12.8 Å². The van der Waals surface area contributed by atoms with Crippen LogP contribution in [0, 0.1) is 17.2 Å². The lowest BCUT2D eigenvalue weighted by Crippen LogP contribution is -2.46. The molecular formula is C12H12N2O. The van der Waals surface area contributed by atoms with Crippen molar-refractivity contribution in [1.29, 1.82) is 5.26 Å². The Balaban J connectivity index is 1.97. The summed E-state index contributed by atoms with van der Waals surface area (Å²) in [6.45, 7) is 0. The molecule has 2 rings (SSSR count). The van der Waals surface area contributed by atoms with Gasteiger partial charge in [-0.2, -0.15) is 5.26 Å². The van der Waals surface area contributed by atoms with E-state index in [-0.39, 0.29) is 17.9 Å². The second kappa shape index (κ2) is 4.14. The lowest BCUT2D eigenvalue weighted by molar-refractivity contribution is 0.0898. The molecule has 1 aromatic carbocycles. The maximum atomic E-state index is 11.7. The molecule has 76 valence electrons. The van der Waals surface area contributed by atoms with Crippen molar-refractivity contribution in [3.63, 3.8) is 0 Å². The highest BCUT2D eigenvalue weighted by atomic mass is 16.1. The molecule has 1 N–H and O–H groups in total. The molecule has 1 aromatic rings. The summed E-state index contributed by atoms with van der Waals surface area (Å²) in [7, 11) is 0. The Kier molecular flexibility index (Phi) is 2.68. The van der Waals surface area contributed by atoms with Crippen molar-refractivity contribution >= 4 is 5.91 Å². The largest absolute Gasteiger partial charge is 0.348 e. The molecule has 2 atom stereocenters. The van der Waals surface area contributed by atoms with Crippen molar-refractivity contribution in [3.8, 4) is 6.07 Å². The summed E-state index contributed by atoms with van der Waals surface area (Å²) in [5.41, 5.74) is 0.654. The Labute approximate surface area is 88.7 Å². The Morgan fingerprint density at radius 3 is 2.60 bits per heavy atom. The fourth-order valence-corrected chi connectivity index (χ4v) is 1.67. The number of nitrogens with one attached hydrogen (secondary N) is 1. The fraction of sp³-hybridized carbons (Fsp3) is 0.333. The van der Waals surface area contributed by atoms with Gasteiger partial charge >= 0.3 is 0 Å². The van der Waals surface area contributed by atoms with Gasteiger partial charge in [-0.1, -0.05) is 18.2 Å². The average molecular weight is 200 g/mol. The number of rotatable bonds is 2. The maximum absolute atomic E-state index is 11.7. The van der Waals surface area contributed by atoms with Gasteiger partial charge in [0, 0.05) is 11.6 Å². The van der Waals surface area contributed by atoms with Crippen LogP contribution in [0.4, 0.5) is 0 Å². The first kappa shape index (κ1) is 9.72. The first-order valence-corrected chi connectivity index (χ1v) is 5.07. The number of benzene rings is 1. The van der Waals surface area contributed by atoms with E-state index >= 15 is 0 Å². The Hall–Kier alpha value is -1.82. The van der Waals surface area contributed by atoms with Crippen molar-refractivity contribution < 1.29 is 4.79 Å². The molecule has 1 saturated carbocycles. The van der Waals surface area contributed by atoms with Crippen molar-refractivity contribution in [1.82, 2.24) is 5.32 Å². The van der Waals surface area contributed by atoms with E-state index in [4.69, 9.17) is 5.26 Å². The number of nitrogens with zero attached hydrogens (tertiary/aromatic N) is 1. The summed E-state index contributed by atoms with van der Waals surface area (Å²) in [5.74, 6) is -0.0850.